The van der Waals surface area contributed by atoms with Gasteiger partial charge < -0.3 is 9.47 Å². The second-order valence-corrected chi connectivity index (χ2v) is 8.14. The molecule has 0 radical (unpaired) electrons. The van der Waals surface area contributed by atoms with Gasteiger partial charge in [0.15, 0.2) is 9.84 Å². The number of carbonyl (C=O) groups excluding carboxylic acids is 1. The number of amides is 1. The minimum atomic E-state index is -3.07. The number of carbonyl (C=O) groups is 1. The minimum absolute atomic E-state index is 0.00485. The lowest BCUT2D eigenvalue weighted by Gasteiger charge is -2.27. The van der Waals surface area contributed by atoms with Crippen molar-refractivity contribution in [1.29, 1.82) is 0 Å². The van der Waals surface area contributed by atoms with E-state index in [1.54, 1.807) is 34.7 Å². The van der Waals surface area contributed by atoms with Crippen molar-refractivity contribution in [2.45, 2.75) is 19.4 Å². The van der Waals surface area contributed by atoms with E-state index in [1.165, 1.54) is 6.07 Å². The average Bonchev–Trinajstić information content (AvgIpc) is 3.02. The van der Waals surface area contributed by atoms with Crippen LogP contribution in [-0.2, 0) is 16.9 Å². The third-order valence-electron chi connectivity index (χ3n) is 4.50. The Morgan fingerprint density at radius 1 is 1.43 bits per heavy atom. The molecule has 124 valence electrons. The molecule has 1 aliphatic heterocycles. The summed E-state index contributed by atoms with van der Waals surface area (Å²) >= 11 is 0. The van der Waals surface area contributed by atoms with Gasteiger partial charge in [-0.25, -0.2) is 12.8 Å². The van der Waals surface area contributed by atoms with E-state index in [0.717, 1.165) is 0 Å². The molecule has 7 heteroatoms. The Balaban J connectivity index is 1.99. The normalized spacial score (nSPS) is 20.0. The van der Waals surface area contributed by atoms with E-state index in [-0.39, 0.29) is 29.3 Å². The van der Waals surface area contributed by atoms with Crippen LogP contribution in [0.2, 0.25) is 0 Å². The summed E-state index contributed by atoms with van der Waals surface area (Å²) in [6.45, 7) is 2.25. The highest BCUT2D eigenvalue weighted by Crippen LogP contribution is 2.25. The van der Waals surface area contributed by atoms with Gasteiger partial charge in [0.05, 0.1) is 17.0 Å². The maximum absolute atomic E-state index is 13.9. The molecule has 1 aliphatic rings. The van der Waals surface area contributed by atoms with Gasteiger partial charge >= 0.3 is 0 Å². The molecule has 0 spiro atoms. The lowest BCUT2D eigenvalue weighted by Crippen LogP contribution is -2.41. The van der Waals surface area contributed by atoms with Crippen LogP contribution in [0.25, 0.3) is 10.9 Å². The number of aromatic nitrogens is 1. The molecule has 2 heterocycles. The molecule has 5 nitrogen and oxygen atoms in total. The van der Waals surface area contributed by atoms with E-state index < -0.39 is 9.84 Å². The molecule has 0 bridgehead atoms. The van der Waals surface area contributed by atoms with Crippen molar-refractivity contribution in [3.05, 3.63) is 35.8 Å². The molecule has 1 amide bonds. The molecule has 1 unspecified atom stereocenters. The molecule has 3 rings (SSSR count). The first-order chi connectivity index (χ1) is 10.8. The number of aryl methyl sites for hydroxylation is 1. The SMILES string of the molecule is CCN(C(=O)c1cc2c(F)cccc2n1C)C1CCS(=O)(=O)C1. The minimum Gasteiger partial charge on any atom is -0.340 e. The van der Waals surface area contributed by atoms with Gasteiger partial charge in [-0.2, -0.15) is 0 Å². The van der Waals surface area contributed by atoms with Crippen LogP contribution in [-0.4, -0.2) is 47.9 Å². The average molecular weight is 338 g/mol. The highest BCUT2D eigenvalue weighted by Gasteiger charge is 2.35. The predicted octanol–water partition coefficient (Wildman–Crippen LogP) is 1.97. The zero-order valence-electron chi connectivity index (χ0n) is 13.1. The third-order valence-corrected chi connectivity index (χ3v) is 6.25. The maximum Gasteiger partial charge on any atom is 0.270 e. The fraction of sp³-hybridized carbons (Fsp3) is 0.438. The van der Waals surface area contributed by atoms with E-state index in [1.807, 2.05) is 6.92 Å². The quantitative estimate of drug-likeness (QED) is 0.860. The zero-order valence-corrected chi connectivity index (χ0v) is 13.9. The van der Waals surface area contributed by atoms with Crippen LogP contribution < -0.4 is 0 Å². The van der Waals surface area contributed by atoms with E-state index in [0.29, 0.717) is 29.6 Å². The fourth-order valence-electron chi connectivity index (χ4n) is 3.27. The van der Waals surface area contributed by atoms with E-state index in [2.05, 4.69) is 0 Å². The molecule has 1 aromatic heterocycles. The molecular weight excluding hydrogens is 319 g/mol. The number of rotatable bonds is 3. The van der Waals surface area contributed by atoms with E-state index in [4.69, 9.17) is 0 Å². The molecule has 23 heavy (non-hydrogen) atoms. The molecule has 2 aromatic rings. The van der Waals surface area contributed by atoms with Crippen molar-refractivity contribution in [2.24, 2.45) is 7.05 Å². The first kappa shape index (κ1) is 16.0. The summed E-state index contributed by atoms with van der Waals surface area (Å²) in [6, 6.07) is 5.95. The van der Waals surface area contributed by atoms with Gasteiger partial charge in [0.25, 0.3) is 5.91 Å². The van der Waals surface area contributed by atoms with Crippen LogP contribution in [0, 0.1) is 5.82 Å². The summed E-state index contributed by atoms with van der Waals surface area (Å²) in [5.41, 5.74) is 1.01. The monoisotopic (exact) mass is 338 g/mol. The number of hydrogen-bond acceptors (Lipinski definition) is 3. The second kappa shape index (κ2) is 5.63. The molecule has 1 saturated heterocycles. The molecule has 1 atom stereocenters. The van der Waals surface area contributed by atoms with Crippen LogP contribution in [0.4, 0.5) is 4.39 Å². The Morgan fingerprint density at radius 3 is 2.74 bits per heavy atom. The molecule has 0 aliphatic carbocycles. The number of nitrogens with zero attached hydrogens (tertiary/aromatic N) is 2. The number of benzene rings is 1. The summed E-state index contributed by atoms with van der Waals surface area (Å²) in [5.74, 6) is -0.507. The number of sulfone groups is 1. The molecule has 1 aromatic carbocycles. The summed E-state index contributed by atoms with van der Waals surface area (Å²) in [5, 5.41) is 0.397. The standard InChI is InChI=1S/C16H19FN2O3S/c1-3-19(11-7-8-23(21,22)10-11)16(20)15-9-12-13(17)5-4-6-14(12)18(15)2/h4-6,9,11H,3,7-8,10H2,1-2H3. The Morgan fingerprint density at radius 2 is 2.17 bits per heavy atom. The van der Waals surface area contributed by atoms with Crippen molar-refractivity contribution < 1.29 is 17.6 Å². The van der Waals surface area contributed by atoms with Crippen molar-refractivity contribution >= 4 is 26.6 Å². The highest BCUT2D eigenvalue weighted by molar-refractivity contribution is 7.91. The van der Waals surface area contributed by atoms with Crippen molar-refractivity contribution in [2.75, 3.05) is 18.1 Å². The van der Waals surface area contributed by atoms with Gasteiger partial charge in [-0.15, -0.1) is 0 Å². The van der Waals surface area contributed by atoms with Crippen molar-refractivity contribution in [1.82, 2.24) is 9.47 Å². The van der Waals surface area contributed by atoms with E-state index >= 15 is 0 Å². The number of hydrogen-bond donors (Lipinski definition) is 0. The zero-order chi connectivity index (χ0) is 16.8. The first-order valence-electron chi connectivity index (χ1n) is 7.59. The number of fused-ring (bicyclic) bond motifs is 1. The lowest BCUT2D eigenvalue weighted by atomic mass is 10.2. The highest BCUT2D eigenvalue weighted by atomic mass is 32.2. The molecule has 0 saturated carbocycles. The summed E-state index contributed by atoms with van der Waals surface area (Å²) < 4.78 is 38.9. The van der Waals surface area contributed by atoms with Crippen LogP contribution in [0.3, 0.4) is 0 Å². The van der Waals surface area contributed by atoms with Gasteiger partial charge in [0.2, 0.25) is 0 Å². The lowest BCUT2D eigenvalue weighted by molar-refractivity contribution is 0.0699. The molecule has 0 N–H and O–H groups in total. The van der Waals surface area contributed by atoms with Crippen molar-refractivity contribution in [3.63, 3.8) is 0 Å². The third kappa shape index (κ3) is 2.73. The maximum atomic E-state index is 13.9. The Labute approximate surface area is 134 Å². The van der Waals surface area contributed by atoms with E-state index in [9.17, 15) is 17.6 Å². The first-order valence-corrected chi connectivity index (χ1v) is 9.41. The second-order valence-electron chi connectivity index (χ2n) is 5.91. The Hall–Kier alpha value is -1.89. The Kier molecular flexibility index (Phi) is 3.91. The number of halogens is 1. The van der Waals surface area contributed by atoms with Gasteiger partial charge in [0.1, 0.15) is 11.5 Å². The van der Waals surface area contributed by atoms with Crippen LogP contribution >= 0.6 is 0 Å². The molecule has 1 fully saturated rings. The summed E-state index contributed by atoms with van der Waals surface area (Å²) in [6.07, 6.45) is 0.459. The smallest absolute Gasteiger partial charge is 0.270 e. The van der Waals surface area contributed by atoms with Gasteiger partial charge in [-0.3, -0.25) is 4.79 Å². The van der Waals surface area contributed by atoms with Gasteiger partial charge in [0, 0.05) is 25.0 Å². The van der Waals surface area contributed by atoms with Crippen molar-refractivity contribution in [3.8, 4) is 0 Å². The van der Waals surface area contributed by atoms with Gasteiger partial charge in [-0.05, 0) is 31.5 Å². The predicted molar refractivity (Wildman–Crippen MR) is 86.6 cm³/mol. The molecular formula is C16H19FN2O3S. The topological polar surface area (TPSA) is 59.4 Å². The fourth-order valence-corrected chi connectivity index (χ4v) is 5.00. The Bertz CT molecular complexity index is 873. The van der Waals surface area contributed by atoms with Crippen LogP contribution in [0.1, 0.15) is 23.8 Å². The summed E-state index contributed by atoms with van der Waals surface area (Å²) in [7, 11) is -1.35. The largest absolute Gasteiger partial charge is 0.340 e. The van der Waals surface area contributed by atoms with Crippen LogP contribution in [0.5, 0.6) is 0 Å². The van der Waals surface area contributed by atoms with Crippen LogP contribution in [0.15, 0.2) is 24.3 Å². The van der Waals surface area contributed by atoms with Gasteiger partial charge in [-0.1, -0.05) is 6.07 Å². The summed E-state index contributed by atoms with van der Waals surface area (Å²) in [4.78, 5) is 14.4.